The quantitative estimate of drug-likeness (QED) is 0.595. The van der Waals surface area contributed by atoms with Crippen molar-refractivity contribution < 1.29 is 23.4 Å². The van der Waals surface area contributed by atoms with E-state index in [0.717, 1.165) is 0 Å². The Kier molecular flexibility index (Phi) is 6.66. The molecule has 1 heterocycles. The molecule has 2 aromatic rings. The van der Waals surface area contributed by atoms with E-state index in [9.17, 15) is 9.18 Å². The number of hydrogen-bond acceptors (Lipinski definition) is 6. The number of halogens is 1. The second kappa shape index (κ2) is 9.38. The molecule has 8 heteroatoms. The maximum Gasteiger partial charge on any atom is 0.271 e. The molecule has 0 spiro atoms. The number of anilines is 1. The van der Waals surface area contributed by atoms with Crippen molar-refractivity contribution in [2.24, 2.45) is 5.10 Å². The maximum absolute atomic E-state index is 14.6. The number of nitrogens with zero attached hydrogens (tertiary/aromatic N) is 2. The van der Waals surface area contributed by atoms with Crippen LogP contribution in [-0.4, -0.2) is 52.1 Å². The maximum atomic E-state index is 14.6. The second-order valence-electron chi connectivity index (χ2n) is 6.51. The molecule has 1 N–H and O–H groups in total. The van der Waals surface area contributed by atoms with E-state index in [0.29, 0.717) is 60.3 Å². The zero-order valence-corrected chi connectivity index (χ0v) is 16.7. The topological polar surface area (TPSA) is 72.4 Å². The smallest absolute Gasteiger partial charge is 0.271 e. The highest BCUT2D eigenvalue weighted by Gasteiger charge is 2.16. The molecule has 7 nitrogen and oxygen atoms in total. The molecule has 154 valence electrons. The molecule has 1 aliphatic heterocycles. The van der Waals surface area contributed by atoms with Crippen LogP contribution in [0.25, 0.3) is 0 Å². The monoisotopic (exact) mass is 401 g/mol. The van der Waals surface area contributed by atoms with Crippen molar-refractivity contribution in [1.29, 1.82) is 0 Å². The molecule has 0 aliphatic carbocycles. The first-order chi connectivity index (χ1) is 14.0. The number of amides is 1. The van der Waals surface area contributed by atoms with E-state index >= 15 is 0 Å². The van der Waals surface area contributed by atoms with Crippen LogP contribution in [0, 0.1) is 5.82 Å². The fourth-order valence-corrected chi connectivity index (χ4v) is 2.99. The molecule has 2 aromatic carbocycles. The summed E-state index contributed by atoms with van der Waals surface area (Å²) < 4.78 is 30.2. The molecular formula is C21H24FN3O4. The van der Waals surface area contributed by atoms with Gasteiger partial charge in [-0.3, -0.25) is 4.79 Å². The predicted octanol–water partition coefficient (Wildman–Crippen LogP) is 2.83. The lowest BCUT2D eigenvalue weighted by Gasteiger charge is -2.29. The summed E-state index contributed by atoms with van der Waals surface area (Å²) in [5.74, 6) is 0.238. The van der Waals surface area contributed by atoms with Crippen molar-refractivity contribution in [3.05, 3.63) is 53.3 Å². The van der Waals surface area contributed by atoms with Gasteiger partial charge < -0.3 is 19.1 Å². The fraction of sp³-hybridized carbons (Fsp3) is 0.333. The molecule has 0 radical (unpaired) electrons. The Bertz CT molecular complexity index is 889. The third-order valence-electron chi connectivity index (χ3n) is 4.66. The van der Waals surface area contributed by atoms with Gasteiger partial charge in [-0.2, -0.15) is 5.10 Å². The lowest BCUT2D eigenvalue weighted by Crippen LogP contribution is -2.36. The summed E-state index contributed by atoms with van der Waals surface area (Å²) in [5, 5.41) is 4.10. The summed E-state index contributed by atoms with van der Waals surface area (Å²) in [6.45, 7) is 4.19. The van der Waals surface area contributed by atoms with Gasteiger partial charge in [0, 0.05) is 30.3 Å². The van der Waals surface area contributed by atoms with Crippen LogP contribution < -0.4 is 19.8 Å². The van der Waals surface area contributed by atoms with Gasteiger partial charge in [0.2, 0.25) is 0 Å². The van der Waals surface area contributed by atoms with Gasteiger partial charge in [0.1, 0.15) is 17.3 Å². The summed E-state index contributed by atoms with van der Waals surface area (Å²) in [5.41, 5.74) is 4.44. The highest BCUT2D eigenvalue weighted by atomic mass is 19.1. The summed E-state index contributed by atoms with van der Waals surface area (Å²) in [6.07, 6.45) is 0. The summed E-state index contributed by atoms with van der Waals surface area (Å²) >= 11 is 0. The lowest BCUT2D eigenvalue weighted by atomic mass is 10.1. The SMILES string of the molecule is COc1cc(OC)cc(C(=O)N/N=C(/C)c2ccc(N3CCOCC3)c(F)c2)c1. The van der Waals surface area contributed by atoms with E-state index in [1.165, 1.54) is 20.3 Å². The molecule has 0 saturated carbocycles. The molecule has 0 bridgehead atoms. The number of nitrogens with one attached hydrogen (secondary N) is 1. The van der Waals surface area contributed by atoms with Crippen LogP contribution in [0.3, 0.4) is 0 Å². The van der Waals surface area contributed by atoms with Crippen LogP contribution in [0.4, 0.5) is 10.1 Å². The highest BCUT2D eigenvalue weighted by molar-refractivity contribution is 6.01. The molecule has 0 unspecified atom stereocenters. The van der Waals surface area contributed by atoms with E-state index < -0.39 is 5.91 Å². The Balaban J connectivity index is 1.72. The minimum Gasteiger partial charge on any atom is -0.497 e. The minimum atomic E-state index is -0.424. The molecule has 29 heavy (non-hydrogen) atoms. The molecule has 1 fully saturated rings. The molecular weight excluding hydrogens is 377 g/mol. The number of hydrazone groups is 1. The summed E-state index contributed by atoms with van der Waals surface area (Å²) in [4.78, 5) is 14.4. The standard InChI is InChI=1S/C21H24FN3O4/c1-14(15-4-5-20(19(22)12-15)25-6-8-29-9-7-25)23-24-21(26)16-10-17(27-2)13-18(11-16)28-3/h4-5,10-13H,6-9H2,1-3H3,(H,24,26)/b23-14-. The fourth-order valence-electron chi connectivity index (χ4n) is 2.99. The molecule has 0 aromatic heterocycles. The van der Waals surface area contributed by atoms with Crippen molar-refractivity contribution in [3.63, 3.8) is 0 Å². The first-order valence-electron chi connectivity index (χ1n) is 9.22. The van der Waals surface area contributed by atoms with E-state index in [4.69, 9.17) is 14.2 Å². The van der Waals surface area contributed by atoms with Crippen LogP contribution in [0.2, 0.25) is 0 Å². The van der Waals surface area contributed by atoms with Gasteiger partial charge >= 0.3 is 0 Å². The number of ether oxygens (including phenoxy) is 3. The Morgan fingerprint density at radius 3 is 2.31 bits per heavy atom. The zero-order valence-electron chi connectivity index (χ0n) is 16.7. The number of hydrogen-bond donors (Lipinski definition) is 1. The molecule has 1 saturated heterocycles. The number of methoxy groups -OCH3 is 2. The zero-order chi connectivity index (χ0) is 20.8. The van der Waals surface area contributed by atoms with Gasteiger partial charge in [0.05, 0.1) is 38.8 Å². The predicted molar refractivity (Wildman–Crippen MR) is 109 cm³/mol. The van der Waals surface area contributed by atoms with Crippen LogP contribution in [0.1, 0.15) is 22.8 Å². The third-order valence-corrected chi connectivity index (χ3v) is 4.66. The number of carbonyl (C=O) groups excluding carboxylic acids is 1. The van der Waals surface area contributed by atoms with Crippen LogP contribution >= 0.6 is 0 Å². The third kappa shape index (κ3) is 5.03. The van der Waals surface area contributed by atoms with Gasteiger partial charge in [-0.05, 0) is 31.2 Å². The average Bonchev–Trinajstić information content (AvgIpc) is 2.77. The first-order valence-corrected chi connectivity index (χ1v) is 9.22. The van der Waals surface area contributed by atoms with E-state index in [2.05, 4.69) is 10.5 Å². The van der Waals surface area contributed by atoms with Crippen LogP contribution in [0.15, 0.2) is 41.5 Å². The average molecular weight is 401 g/mol. The van der Waals surface area contributed by atoms with Gasteiger partial charge in [0.25, 0.3) is 5.91 Å². The lowest BCUT2D eigenvalue weighted by molar-refractivity contribution is 0.0954. The van der Waals surface area contributed by atoms with Crippen molar-refractivity contribution in [2.45, 2.75) is 6.92 Å². The molecule has 1 amide bonds. The Hall–Kier alpha value is -3.13. The normalized spacial score (nSPS) is 14.5. The Morgan fingerprint density at radius 2 is 1.72 bits per heavy atom. The summed E-state index contributed by atoms with van der Waals surface area (Å²) in [7, 11) is 3.02. The Morgan fingerprint density at radius 1 is 1.07 bits per heavy atom. The minimum absolute atomic E-state index is 0.331. The van der Waals surface area contributed by atoms with Gasteiger partial charge in [-0.1, -0.05) is 6.07 Å². The van der Waals surface area contributed by atoms with Crippen molar-refractivity contribution in [3.8, 4) is 11.5 Å². The van der Waals surface area contributed by atoms with Gasteiger partial charge in [-0.25, -0.2) is 9.82 Å². The number of benzene rings is 2. The largest absolute Gasteiger partial charge is 0.497 e. The van der Waals surface area contributed by atoms with Gasteiger partial charge in [0.15, 0.2) is 0 Å². The highest BCUT2D eigenvalue weighted by Crippen LogP contribution is 2.23. The molecule has 0 atom stereocenters. The number of morpholine rings is 1. The van der Waals surface area contributed by atoms with Gasteiger partial charge in [-0.15, -0.1) is 0 Å². The van der Waals surface area contributed by atoms with Crippen molar-refractivity contribution in [2.75, 3.05) is 45.4 Å². The van der Waals surface area contributed by atoms with Crippen molar-refractivity contribution >= 4 is 17.3 Å². The Labute approximate surface area is 169 Å². The van der Waals surface area contributed by atoms with Crippen LogP contribution in [-0.2, 0) is 4.74 Å². The van der Waals surface area contributed by atoms with E-state index in [1.807, 2.05) is 4.90 Å². The molecule has 1 aliphatic rings. The second-order valence-corrected chi connectivity index (χ2v) is 6.51. The van der Waals surface area contributed by atoms with Crippen LogP contribution in [0.5, 0.6) is 11.5 Å². The van der Waals surface area contributed by atoms with E-state index in [1.54, 1.807) is 37.3 Å². The van der Waals surface area contributed by atoms with E-state index in [-0.39, 0.29) is 5.82 Å². The number of rotatable bonds is 6. The summed E-state index contributed by atoms with van der Waals surface area (Å²) in [6, 6.07) is 9.77. The molecule has 3 rings (SSSR count). The number of carbonyl (C=O) groups is 1. The first kappa shape index (κ1) is 20.6. The van der Waals surface area contributed by atoms with Crippen molar-refractivity contribution in [1.82, 2.24) is 5.43 Å².